The van der Waals surface area contributed by atoms with E-state index in [4.69, 9.17) is 18.9 Å². The van der Waals surface area contributed by atoms with Gasteiger partial charge in [0, 0.05) is 50.5 Å². The van der Waals surface area contributed by atoms with Crippen molar-refractivity contribution in [1.82, 2.24) is 10.2 Å². The summed E-state index contributed by atoms with van der Waals surface area (Å²) in [6.45, 7) is 5.33. The van der Waals surface area contributed by atoms with E-state index < -0.39 is 52.6 Å². The number of piperidine rings is 1. The van der Waals surface area contributed by atoms with E-state index in [1.807, 2.05) is 48.5 Å². The standard InChI is InChI=1S/C40H39F5N2O6/c1-23-30(21-47-16-14-40(15-17-47)50-18-19-51-40)52-39(53-37(23)26-8-6-24(22-48)7-9-26)27-12-10-25(11-13-27)29-5-3-2-4-28(29)20-46-38(49)31-32(41)34(43)36(45)35(44)33(31)42/h2-13,23,30,37,39,48H,14-22H2,1H3,(H,46,49)/t23-,30+,37+,39+/m0/s1. The first kappa shape index (κ1) is 37.1. The Hall–Kier alpha value is -4.24. The Bertz CT molecular complexity index is 1900. The lowest BCUT2D eigenvalue weighted by molar-refractivity contribution is -0.278. The zero-order chi connectivity index (χ0) is 37.3. The van der Waals surface area contributed by atoms with Gasteiger partial charge in [0.05, 0.1) is 32.0 Å². The molecule has 3 fully saturated rings. The van der Waals surface area contributed by atoms with E-state index in [9.17, 15) is 31.9 Å². The van der Waals surface area contributed by atoms with Crippen LogP contribution in [0.2, 0.25) is 0 Å². The van der Waals surface area contributed by atoms with Crippen LogP contribution in [0.5, 0.6) is 0 Å². The van der Waals surface area contributed by atoms with Crippen LogP contribution in [0.25, 0.3) is 11.1 Å². The molecule has 1 spiro atoms. The summed E-state index contributed by atoms with van der Waals surface area (Å²) in [6, 6.07) is 22.1. The van der Waals surface area contributed by atoms with Crippen molar-refractivity contribution in [3.63, 3.8) is 0 Å². The van der Waals surface area contributed by atoms with E-state index in [1.54, 1.807) is 24.3 Å². The van der Waals surface area contributed by atoms with Gasteiger partial charge in [-0.1, -0.05) is 79.7 Å². The smallest absolute Gasteiger partial charge is 0.257 e. The number of nitrogens with zero attached hydrogens (tertiary/aromatic N) is 1. The quantitative estimate of drug-likeness (QED) is 0.108. The number of amides is 1. The van der Waals surface area contributed by atoms with E-state index in [2.05, 4.69) is 17.1 Å². The van der Waals surface area contributed by atoms with Crippen LogP contribution < -0.4 is 5.32 Å². The average molecular weight is 739 g/mol. The van der Waals surface area contributed by atoms with Gasteiger partial charge in [-0.2, -0.15) is 0 Å². The molecule has 0 aliphatic carbocycles. The molecular weight excluding hydrogens is 699 g/mol. The zero-order valence-electron chi connectivity index (χ0n) is 28.9. The second kappa shape index (κ2) is 15.6. The van der Waals surface area contributed by atoms with Crippen molar-refractivity contribution in [3.8, 4) is 11.1 Å². The summed E-state index contributed by atoms with van der Waals surface area (Å²) in [5.41, 5.74) is 2.95. The van der Waals surface area contributed by atoms with Crippen molar-refractivity contribution in [1.29, 1.82) is 0 Å². The van der Waals surface area contributed by atoms with Crippen molar-refractivity contribution in [2.45, 2.75) is 57.2 Å². The summed E-state index contributed by atoms with van der Waals surface area (Å²) in [5.74, 6) is -13.1. The van der Waals surface area contributed by atoms with Gasteiger partial charge in [0.2, 0.25) is 5.82 Å². The number of carbonyl (C=O) groups is 1. The van der Waals surface area contributed by atoms with Crippen molar-refractivity contribution in [3.05, 3.63) is 130 Å². The molecule has 3 aliphatic rings. The second-order valence-electron chi connectivity index (χ2n) is 13.6. The number of halogens is 5. The predicted octanol–water partition coefficient (Wildman–Crippen LogP) is 7.10. The number of aliphatic hydroxyl groups is 1. The summed E-state index contributed by atoms with van der Waals surface area (Å²) in [5, 5.41) is 11.9. The molecule has 1 amide bonds. The minimum absolute atomic E-state index is 0.00713. The highest BCUT2D eigenvalue weighted by Gasteiger charge is 2.43. The molecule has 3 aliphatic heterocycles. The largest absolute Gasteiger partial charge is 0.392 e. The maximum atomic E-state index is 14.3. The maximum absolute atomic E-state index is 14.3. The Labute approximate surface area is 303 Å². The van der Waals surface area contributed by atoms with E-state index in [-0.39, 0.29) is 31.3 Å². The molecule has 3 heterocycles. The van der Waals surface area contributed by atoms with Gasteiger partial charge in [0.1, 0.15) is 5.56 Å². The van der Waals surface area contributed by atoms with Gasteiger partial charge in [-0.25, -0.2) is 22.0 Å². The molecule has 4 atom stereocenters. The molecule has 7 rings (SSSR count). The highest BCUT2D eigenvalue weighted by atomic mass is 19.2. The molecule has 53 heavy (non-hydrogen) atoms. The number of benzene rings is 4. The fraction of sp³-hybridized carbons (Fsp3) is 0.375. The summed E-state index contributed by atoms with van der Waals surface area (Å²) < 4.78 is 94.6. The molecule has 4 aromatic carbocycles. The molecule has 280 valence electrons. The number of aliphatic hydroxyl groups excluding tert-OH is 1. The molecule has 4 aromatic rings. The molecule has 0 unspecified atom stereocenters. The Kier molecular flexibility index (Phi) is 10.9. The van der Waals surface area contributed by atoms with Gasteiger partial charge in [0.15, 0.2) is 35.3 Å². The van der Waals surface area contributed by atoms with Crippen LogP contribution in [0.15, 0.2) is 72.8 Å². The predicted molar refractivity (Wildman–Crippen MR) is 183 cm³/mol. The van der Waals surface area contributed by atoms with Crippen molar-refractivity contribution in [2.75, 3.05) is 32.8 Å². The van der Waals surface area contributed by atoms with Gasteiger partial charge in [0.25, 0.3) is 5.91 Å². The third-order valence-corrected chi connectivity index (χ3v) is 10.4. The molecule has 3 saturated heterocycles. The fourth-order valence-corrected chi connectivity index (χ4v) is 7.29. The molecule has 0 bridgehead atoms. The number of likely N-dealkylation sites (tertiary alicyclic amines) is 1. The summed E-state index contributed by atoms with van der Waals surface area (Å²) >= 11 is 0. The number of hydrogen-bond donors (Lipinski definition) is 2. The minimum Gasteiger partial charge on any atom is -0.392 e. The first-order chi connectivity index (χ1) is 25.6. The molecule has 0 radical (unpaired) electrons. The molecule has 2 N–H and O–H groups in total. The van der Waals surface area contributed by atoms with Crippen LogP contribution in [0.3, 0.4) is 0 Å². The normalized spacial score (nSPS) is 23.0. The zero-order valence-corrected chi connectivity index (χ0v) is 28.9. The molecule has 0 aromatic heterocycles. The Balaban J connectivity index is 1.09. The third-order valence-electron chi connectivity index (χ3n) is 10.4. The Morgan fingerprint density at radius 2 is 1.42 bits per heavy atom. The second-order valence-corrected chi connectivity index (χ2v) is 13.6. The van der Waals surface area contributed by atoms with E-state index in [0.717, 1.165) is 48.2 Å². The van der Waals surface area contributed by atoms with Crippen LogP contribution in [-0.2, 0) is 32.1 Å². The molecule has 13 heteroatoms. The van der Waals surface area contributed by atoms with Crippen LogP contribution in [-0.4, -0.2) is 60.7 Å². The van der Waals surface area contributed by atoms with Crippen LogP contribution in [0.4, 0.5) is 22.0 Å². The Morgan fingerprint density at radius 1 is 0.811 bits per heavy atom. The van der Waals surface area contributed by atoms with E-state index >= 15 is 0 Å². The lowest BCUT2D eigenvalue weighted by Gasteiger charge is -2.44. The Morgan fingerprint density at radius 3 is 2.06 bits per heavy atom. The van der Waals surface area contributed by atoms with E-state index in [1.165, 1.54) is 0 Å². The SMILES string of the molecule is C[C@H]1[C@@H](CN2CCC3(CC2)OCCO3)O[C@@H](c2ccc(-c3ccccc3CNC(=O)c3c(F)c(F)c(F)c(F)c3F)cc2)O[C@H]1c1ccc(CO)cc1. The third kappa shape index (κ3) is 7.59. The monoisotopic (exact) mass is 738 g/mol. The highest BCUT2D eigenvalue weighted by Crippen LogP contribution is 2.43. The average Bonchev–Trinajstić information content (AvgIpc) is 3.65. The van der Waals surface area contributed by atoms with Crippen LogP contribution in [0.1, 0.15) is 64.8 Å². The van der Waals surface area contributed by atoms with Crippen LogP contribution >= 0.6 is 0 Å². The van der Waals surface area contributed by atoms with Crippen LogP contribution in [0, 0.1) is 35.0 Å². The van der Waals surface area contributed by atoms with Gasteiger partial charge >= 0.3 is 0 Å². The first-order valence-corrected chi connectivity index (χ1v) is 17.6. The minimum atomic E-state index is -2.34. The summed E-state index contributed by atoms with van der Waals surface area (Å²) in [6.07, 6.45) is 0.373. The number of rotatable bonds is 9. The molecule has 8 nitrogen and oxygen atoms in total. The van der Waals surface area contributed by atoms with Gasteiger partial charge in [-0.15, -0.1) is 0 Å². The highest BCUT2D eigenvalue weighted by molar-refractivity contribution is 5.95. The van der Waals surface area contributed by atoms with Gasteiger partial charge < -0.3 is 34.3 Å². The van der Waals surface area contributed by atoms with Gasteiger partial charge in [-0.05, 0) is 27.8 Å². The number of nitrogens with one attached hydrogen (secondary N) is 1. The summed E-state index contributed by atoms with van der Waals surface area (Å²) in [7, 11) is 0. The van der Waals surface area contributed by atoms with Crippen molar-refractivity contribution in [2.24, 2.45) is 5.92 Å². The number of carbonyl (C=O) groups excluding carboxylic acids is 1. The number of ether oxygens (including phenoxy) is 4. The lowest BCUT2D eigenvalue weighted by atomic mass is 9.89. The molecular formula is C40H39F5N2O6. The van der Waals surface area contributed by atoms with Gasteiger partial charge in [-0.3, -0.25) is 4.79 Å². The maximum Gasteiger partial charge on any atom is 0.257 e. The topological polar surface area (TPSA) is 89.5 Å². The molecule has 0 saturated carbocycles. The van der Waals surface area contributed by atoms with Crippen molar-refractivity contribution >= 4 is 5.91 Å². The lowest BCUT2D eigenvalue weighted by Crippen LogP contribution is -2.50. The first-order valence-electron chi connectivity index (χ1n) is 17.6. The fourth-order valence-electron chi connectivity index (χ4n) is 7.29. The van der Waals surface area contributed by atoms with Crippen molar-refractivity contribution < 1.29 is 50.8 Å². The van der Waals surface area contributed by atoms with E-state index in [0.29, 0.717) is 30.9 Å². The summed E-state index contributed by atoms with van der Waals surface area (Å²) in [4.78, 5) is 15.0. The number of hydrogen-bond acceptors (Lipinski definition) is 7.